The fourth-order valence-electron chi connectivity index (χ4n) is 2.98. The zero-order valence-corrected chi connectivity index (χ0v) is 16.3. The van der Waals surface area contributed by atoms with Crippen LogP contribution in [0, 0.1) is 0 Å². The molecule has 0 aliphatic carbocycles. The molecule has 2 fully saturated rings. The second-order valence-corrected chi connectivity index (χ2v) is 6.78. The summed E-state index contributed by atoms with van der Waals surface area (Å²) < 4.78 is 0. The van der Waals surface area contributed by atoms with Gasteiger partial charge in [-0.1, -0.05) is 0 Å². The highest BCUT2D eigenvalue weighted by Gasteiger charge is 2.34. The molecule has 0 spiro atoms. The molecule has 2 saturated heterocycles. The second-order valence-electron chi connectivity index (χ2n) is 6.78. The van der Waals surface area contributed by atoms with Gasteiger partial charge in [0.2, 0.25) is 0 Å². The Balaban J connectivity index is 1.52. The van der Waals surface area contributed by atoms with Crippen molar-refractivity contribution in [2.24, 2.45) is 0 Å². The average Bonchev–Trinajstić information content (AvgIpc) is 3.29. The molecule has 0 radical (unpaired) electrons. The topological polar surface area (TPSA) is 153 Å². The van der Waals surface area contributed by atoms with E-state index in [0.717, 1.165) is 0 Å². The normalized spacial score (nSPS) is 16.0. The quantitative estimate of drug-likeness (QED) is 0.606. The van der Waals surface area contributed by atoms with Crippen LogP contribution in [0.4, 0.5) is 0 Å². The maximum absolute atomic E-state index is 12.3. The molecule has 0 saturated carbocycles. The molecule has 12 heteroatoms. The van der Waals surface area contributed by atoms with Gasteiger partial charge >= 0.3 is 11.9 Å². The van der Waals surface area contributed by atoms with Crippen molar-refractivity contribution in [2.75, 3.05) is 0 Å². The van der Waals surface area contributed by atoms with Crippen molar-refractivity contribution < 1.29 is 38.4 Å². The Kier molecular flexibility index (Phi) is 5.41. The fraction of sp³-hybridized carbons (Fsp3) is 0.200. The fourth-order valence-corrected chi connectivity index (χ4v) is 2.98. The van der Waals surface area contributed by atoms with E-state index in [9.17, 15) is 28.8 Å². The van der Waals surface area contributed by atoms with E-state index in [1.807, 2.05) is 0 Å². The summed E-state index contributed by atoms with van der Waals surface area (Å²) in [5, 5.41) is 0.858. The first-order valence-electron chi connectivity index (χ1n) is 9.42. The highest BCUT2D eigenvalue weighted by molar-refractivity contribution is 6.03. The van der Waals surface area contributed by atoms with Gasteiger partial charge in [0.1, 0.15) is 0 Å². The van der Waals surface area contributed by atoms with Crippen LogP contribution in [0.25, 0.3) is 11.4 Å². The van der Waals surface area contributed by atoms with Crippen LogP contribution in [0.15, 0.2) is 36.7 Å². The molecule has 4 amide bonds. The van der Waals surface area contributed by atoms with Gasteiger partial charge in [0.15, 0.2) is 0 Å². The highest BCUT2D eigenvalue weighted by atomic mass is 16.7. The molecule has 0 atom stereocenters. The number of imide groups is 2. The van der Waals surface area contributed by atoms with Crippen LogP contribution in [-0.4, -0.2) is 55.7 Å². The summed E-state index contributed by atoms with van der Waals surface area (Å²) in [4.78, 5) is 89.1. The van der Waals surface area contributed by atoms with Crippen molar-refractivity contribution >= 4 is 35.6 Å². The van der Waals surface area contributed by atoms with Crippen molar-refractivity contribution in [3.05, 3.63) is 47.8 Å². The minimum atomic E-state index is -0.945. The molecule has 2 aromatic heterocycles. The van der Waals surface area contributed by atoms with Gasteiger partial charge in [0.05, 0.1) is 22.5 Å². The Morgan fingerprint density at radius 1 is 0.656 bits per heavy atom. The van der Waals surface area contributed by atoms with Crippen molar-refractivity contribution in [1.29, 1.82) is 0 Å². The molecule has 0 aromatic carbocycles. The largest absolute Gasteiger partial charge is 0.364 e. The van der Waals surface area contributed by atoms with Crippen LogP contribution in [0.5, 0.6) is 0 Å². The van der Waals surface area contributed by atoms with Crippen LogP contribution in [0.2, 0.25) is 0 Å². The number of hydroxylamine groups is 4. The van der Waals surface area contributed by atoms with Gasteiger partial charge in [-0.2, -0.15) is 0 Å². The van der Waals surface area contributed by atoms with Gasteiger partial charge < -0.3 is 9.68 Å². The Hall–Kier alpha value is -4.48. The number of hydrogen-bond donors (Lipinski definition) is 0. The Labute approximate surface area is 179 Å². The van der Waals surface area contributed by atoms with E-state index >= 15 is 0 Å². The monoisotopic (exact) mass is 438 g/mol. The van der Waals surface area contributed by atoms with Crippen molar-refractivity contribution in [1.82, 2.24) is 20.1 Å². The maximum atomic E-state index is 12.3. The summed E-state index contributed by atoms with van der Waals surface area (Å²) in [6, 6.07) is 5.25. The van der Waals surface area contributed by atoms with Crippen LogP contribution in [-0.2, 0) is 28.9 Å². The number of pyridine rings is 2. The number of aromatic nitrogens is 2. The van der Waals surface area contributed by atoms with Crippen molar-refractivity contribution in [3.8, 4) is 11.4 Å². The van der Waals surface area contributed by atoms with Gasteiger partial charge in [-0.15, -0.1) is 10.1 Å². The van der Waals surface area contributed by atoms with Crippen LogP contribution < -0.4 is 0 Å². The van der Waals surface area contributed by atoms with Gasteiger partial charge in [-0.25, -0.2) is 9.59 Å². The number of hydrogen-bond acceptors (Lipinski definition) is 10. The summed E-state index contributed by atoms with van der Waals surface area (Å²) in [6.45, 7) is 0. The number of amides is 4. The van der Waals surface area contributed by atoms with Crippen molar-refractivity contribution in [2.45, 2.75) is 25.7 Å². The van der Waals surface area contributed by atoms with E-state index in [2.05, 4.69) is 9.97 Å². The molecular formula is C20H14N4O8. The lowest BCUT2D eigenvalue weighted by Gasteiger charge is -2.13. The third-order valence-electron chi connectivity index (χ3n) is 4.61. The molecule has 4 heterocycles. The first kappa shape index (κ1) is 20.8. The summed E-state index contributed by atoms with van der Waals surface area (Å²) in [7, 11) is 0. The van der Waals surface area contributed by atoms with Gasteiger partial charge in [0.25, 0.3) is 23.6 Å². The second kappa shape index (κ2) is 8.34. The van der Waals surface area contributed by atoms with Gasteiger partial charge in [-0.3, -0.25) is 29.1 Å². The molecule has 2 aromatic rings. The average molecular weight is 438 g/mol. The van der Waals surface area contributed by atoms with Crippen LogP contribution in [0.3, 0.4) is 0 Å². The Bertz CT molecular complexity index is 1050. The smallest absolute Gasteiger partial charge is 0.325 e. The Morgan fingerprint density at radius 3 is 1.34 bits per heavy atom. The zero-order valence-electron chi connectivity index (χ0n) is 16.3. The summed E-state index contributed by atoms with van der Waals surface area (Å²) in [5.74, 6) is -4.33. The van der Waals surface area contributed by atoms with E-state index in [-0.39, 0.29) is 48.2 Å². The molecule has 2 aliphatic rings. The molecule has 4 rings (SSSR count). The maximum Gasteiger partial charge on any atom is 0.364 e. The number of carbonyl (C=O) groups excluding carboxylic acids is 6. The summed E-state index contributed by atoms with van der Waals surface area (Å²) in [6.07, 6.45) is 2.44. The number of carbonyl (C=O) groups is 6. The standard InChI is InChI=1S/C20H14N4O8/c25-15-1-2-16(26)23(15)31-19(29)11-5-7-21-13(9-11)14-10-12(6-8-22-14)20(30)32-24-17(27)3-4-18(24)28/h5-10H,1-4H2. The van der Waals surface area contributed by atoms with Crippen molar-refractivity contribution in [3.63, 3.8) is 0 Å². The van der Waals surface area contributed by atoms with E-state index in [4.69, 9.17) is 9.68 Å². The first-order chi connectivity index (χ1) is 15.3. The molecule has 0 N–H and O–H groups in total. The third kappa shape index (κ3) is 4.05. The molecule has 162 valence electrons. The van der Waals surface area contributed by atoms with Gasteiger partial charge in [-0.05, 0) is 24.3 Å². The SMILES string of the molecule is O=C(ON1C(=O)CCC1=O)c1ccnc(-c2cc(C(=O)ON3C(=O)CCC3=O)ccn2)c1. The predicted molar refractivity (Wildman–Crippen MR) is 100 cm³/mol. The first-order valence-corrected chi connectivity index (χ1v) is 9.42. The van der Waals surface area contributed by atoms with E-state index in [1.54, 1.807) is 0 Å². The van der Waals surface area contributed by atoms with Crippen LogP contribution >= 0.6 is 0 Å². The lowest BCUT2D eigenvalue weighted by atomic mass is 10.1. The van der Waals surface area contributed by atoms with Crippen LogP contribution in [0.1, 0.15) is 46.4 Å². The third-order valence-corrected chi connectivity index (χ3v) is 4.61. The molecular weight excluding hydrogens is 424 g/mol. The molecule has 2 aliphatic heterocycles. The minimum Gasteiger partial charge on any atom is -0.325 e. The predicted octanol–water partition coefficient (Wildman–Crippen LogP) is 0.585. The molecule has 0 bridgehead atoms. The summed E-state index contributed by atoms with van der Waals surface area (Å²) >= 11 is 0. The van der Waals surface area contributed by atoms with Gasteiger partial charge in [0, 0.05) is 38.1 Å². The number of nitrogens with zero attached hydrogens (tertiary/aromatic N) is 4. The Morgan fingerprint density at radius 2 is 1.00 bits per heavy atom. The zero-order chi connectivity index (χ0) is 22.8. The lowest BCUT2D eigenvalue weighted by Crippen LogP contribution is -2.32. The van der Waals surface area contributed by atoms with E-state index in [0.29, 0.717) is 10.1 Å². The lowest BCUT2D eigenvalue weighted by molar-refractivity contribution is -0.173. The number of rotatable bonds is 5. The molecule has 32 heavy (non-hydrogen) atoms. The summed E-state index contributed by atoms with van der Waals surface area (Å²) in [5.41, 5.74) is 0.346. The highest BCUT2D eigenvalue weighted by Crippen LogP contribution is 2.20. The van der Waals surface area contributed by atoms with E-state index in [1.165, 1.54) is 36.7 Å². The van der Waals surface area contributed by atoms with E-state index < -0.39 is 35.6 Å². The molecule has 12 nitrogen and oxygen atoms in total. The minimum absolute atomic E-state index is 0.00876. The molecule has 0 unspecified atom stereocenters.